The molecule has 1 radical (unpaired) electrons. The molecule has 0 saturated carbocycles. The Hall–Kier alpha value is -1.29. The van der Waals surface area contributed by atoms with Gasteiger partial charge in [-0.1, -0.05) is 18.2 Å². The molecule has 0 atom stereocenters. The SMILES string of the molecule is Fc1cnc(-c2ccc[c]c2Br)c(F)c1. The maximum Gasteiger partial charge on any atom is 0.152 e. The van der Waals surface area contributed by atoms with E-state index in [1.165, 1.54) is 0 Å². The van der Waals surface area contributed by atoms with E-state index in [1.54, 1.807) is 18.2 Å². The summed E-state index contributed by atoms with van der Waals surface area (Å²) in [6.45, 7) is 0. The van der Waals surface area contributed by atoms with Crippen LogP contribution in [-0.2, 0) is 0 Å². The third kappa shape index (κ3) is 2.04. The molecule has 75 valence electrons. The first kappa shape index (κ1) is 10.2. The minimum atomic E-state index is -0.688. The molecule has 0 amide bonds. The molecule has 1 aromatic heterocycles. The summed E-state index contributed by atoms with van der Waals surface area (Å²) in [7, 11) is 0. The standard InChI is InChI=1S/C11H5BrF2N/c12-9-4-2-1-3-8(9)11-10(14)5-7(13)6-15-11/h1-3,5-6H. The summed E-state index contributed by atoms with van der Waals surface area (Å²) in [6, 6.07) is 8.75. The van der Waals surface area contributed by atoms with Crippen molar-refractivity contribution in [2.24, 2.45) is 0 Å². The molecule has 0 unspecified atom stereocenters. The monoisotopic (exact) mass is 268 g/mol. The molecule has 15 heavy (non-hydrogen) atoms. The highest BCUT2D eigenvalue weighted by molar-refractivity contribution is 9.10. The average molecular weight is 269 g/mol. The highest BCUT2D eigenvalue weighted by Crippen LogP contribution is 2.27. The second kappa shape index (κ2) is 4.06. The van der Waals surface area contributed by atoms with Crippen LogP contribution < -0.4 is 0 Å². The number of pyridine rings is 1. The number of rotatable bonds is 1. The van der Waals surface area contributed by atoms with Crippen molar-refractivity contribution in [3.8, 4) is 11.3 Å². The summed E-state index contributed by atoms with van der Waals surface area (Å²) >= 11 is 3.23. The molecule has 1 nitrogen and oxygen atoms in total. The first-order chi connectivity index (χ1) is 7.18. The van der Waals surface area contributed by atoms with Gasteiger partial charge in [0.15, 0.2) is 5.82 Å². The number of halogens is 3. The van der Waals surface area contributed by atoms with Crippen LogP contribution in [0.15, 0.2) is 34.9 Å². The van der Waals surface area contributed by atoms with Crippen molar-refractivity contribution >= 4 is 15.9 Å². The van der Waals surface area contributed by atoms with Crippen LogP contribution in [0.5, 0.6) is 0 Å². The van der Waals surface area contributed by atoms with Gasteiger partial charge in [0, 0.05) is 16.1 Å². The molecule has 0 aliphatic rings. The molecule has 1 heterocycles. The van der Waals surface area contributed by atoms with E-state index in [2.05, 4.69) is 27.0 Å². The first-order valence-corrected chi connectivity index (χ1v) is 4.95. The lowest BCUT2D eigenvalue weighted by Crippen LogP contribution is -1.91. The average Bonchev–Trinajstić information content (AvgIpc) is 2.20. The molecule has 2 aromatic rings. The number of hydrogen-bond donors (Lipinski definition) is 0. The predicted octanol–water partition coefficient (Wildman–Crippen LogP) is 3.59. The third-order valence-corrected chi connectivity index (χ3v) is 2.52. The van der Waals surface area contributed by atoms with E-state index in [-0.39, 0.29) is 5.69 Å². The molecule has 0 aliphatic heterocycles. The van der Waals surface area contributed by atoms with Gasteiger partial charge in [0.25, 0.3) is 0 Å². The van der Waals surface area contributed by atoms with Crippen molar-refractivity contribution in [1.29, 1.82) is 0 Å². The van der Waals surface area contributed by atoms with Crippen molar-refractivity contribution in [3.05, 3.63) is 52.6 Å². The zero-order valence-electron chi connectivity index (χ0n) is 7.47. The van der Waals surface area contributed by atoms with E-state index in [0.717, 1.165) is 12.3 Å². The third-order valence-electron chi connectivity index (χ3n) is 1.87. The minimum absolute atomic E-state index is 0.111. The van der Waals surface area contributed by atoms with Gasteiger partial charge in [0.05, 0.1) is 6.20 Å². The summed E-state index contributed by atoms with van der Waals surface area (Å²) in [5.74, 6) is -1.37. The lowest BCUT2D eigenvalue weighted by molar-refractivity contribution is 0.576. The summed E-state index contributed by atoms with van der Waals surface area (Å²) in [5, 5.41) is 0. The Labute approximate surface area is 93.9 Å². The minimum Gasteiger partial charge on any atom is -0.250 e. The topological polar surface area (TPSA) is 12.9 Å². The van der Waals surface area contributed by atoms with E-state index in [0.29, 0.717) is 10.0 Å². The molecule has 2 rings (SSSR count). The van der Waals surface area contributed by atoms with Crippen LogP contribution in [0, 0.1) is 17.7 Å². The highest BCUT2D eigenvalue weighted by atomic mass is 79.9. The predicted molar refractivity (Wildman–Crippen MR) is 56.1 cm³/mol. The van der Waals surface area contributed by atoms with Gasteiger partial charge in [0.1, 0.15) is 11.5 Å². The van der Waals surface area contributed by atoms with Crippen molar-refractivity contribution in [2.45, 2.75) is 0 Å². The normalized spacial score (nSPS) is 10.3. The summed E-state index contributed by atoms with van der Waals surface area (Å²) in [5.41, 5.74) is 0.662. The van der Waals surface area contributed by atoms with Gasteiger partial charge in [-0.25, -0.2) is 8.78 Å². The Morgan fingerprint density at radius 2 is 2.13 bits per heavy atom. The Bertz CT molecular complexity index is 500. The molecule has 0 fully saturated rings. The fourth-order valence-electron chi connectivity index (χ4n) is 1.21. The van der Waals surface area contributed by atoms with Gasteiger partial charge in [-0.15, -0.1) is 0 Å². The largest absolute Gasteiger partial charge is 0.250 e. The molecular weight excluding hydrogens is 264 g/mol. The summed E-state index contributed by atoms with van der Waals surface area (Å²) in [4.78, 5) is 3.71. The molecule has 0 saturated heterocycles. The van der Waals surface area contributed by atoms with Crippen LogP contribution in [0.2, 0.25) is 0 Å². The molecule has 0 N–H and O–H groups in total. The Morgan fingerprint density at radius 3 is 2.80 bits per heavy atom. The van der Waals surface area contributed by atoms with Crippen molar-refractivity contribution in [3.63, 3.8) is 0 Å². The molecular formula is C11H5BrF2N. The Kier molecular flexibility index (Phi) is 2.77. The van der Waals surface area contributed by atoms with Crippen LogP contribution >= 0.6 is 15.9 Å². The molecule has 0 aliphatic carbocycles. The number of nitrogens with zero attached hydrogens (tertiary/aromatic N) is 1. The van der Waals surface area contributed by atoms with Gasteiger partial charge < -0.3 is 0 Å². The maximum atomic E-state index is 13.4. The molecule has 4 heteroatoms. The lowest BCUT2D eigenvalue weighted by Gasteiger charge is -2.04. The van der Waals surface area contributed by atoms with Crippen LogP contribution in [0.1, 0.15) is 0 Å². The maximum absolute atomic E-state index is 13.4. The summed E-state index contributed by atoms with van der Waals surface area (Å²) < 4.78 is 26.6. The zero-order chi connectivity index (χ0) is 10.8. The highest BCUT2D eigenvalue weighted by Gasteiger charge is 2.10. The van der Waals surface area contributed by atoms with Crippen molar-refractivity contribution in [2.75, 3.05) is 0 Å². The van der Waals surface area contributed by atoms with E-state index in [9.17, 15) is 8.78 Å². The summed E-state index contributed by atoms with van der Waals surface area (Å²) in [6.07, 6.45) is 0.984. The first-order valence-electron chi connectivity index (χ1n) is 4.16. The number of hydrogen-bond acceptors (Lipinski definition) is 1. The van der Waals surface area contributed by atoms with Crippen LogP contribution in [-0.4, -0.2) is 4.98 Å². The van der Waals surface area contributed by atoms with E-state index in [1.807, 2.05) is 0 Å². The van der Waals surface area contributed by atoms with E-state index < -0.39 is 11.6 Å². The van der Waals surface area contributed by atoms with Gasteiger partial charge in [-0.3, -0.25) is 4.98 Å². The fourth-order valence-corrected chi connectivity index (χ4v) is 1.66. The smallest absolute Gasteiger partial charge is 0.152 e. The van der Waals surface area contributed by atoms with Crippen molar-refractivity contribution < 1.29 is 8.78 Å². The quantitative estimate of drug-likeness (QED) is 0.770. The Balaban J connectivity index is 2.60. The molecule has 1 aromatic carbocycles. The lowest BCUT2D eigenvalue weighted by atomic mass is 10.1. The second-order valence-electron chi connectivity index (χ2n) is 2.88. The molecule has 0 spiro atoms. The Morgan fingerprint density at radius 1 is 1.33 bits per heavy atom. The second-order valence-corrected chi connectivity index (χ2v) is 3.67. The van der Waals surface area contributed by atoms with Gasteiger partial charge in [0.2, 0.25) is 0 Å². The zero-order valence-corrected chi connectivity index (χ0v) is 9.05. The number of benzene rings is 1. The number of aromatic nitrogens is 1. The van der Waals surface area contributed by atoms with Gasteiger partial charge in [-0.2, -0.15) is 0 Å². The van der Waals surface area contributed by atoms with Gasteiger partial charge >= 0.3 is 0 Å². The molecule has 0 bridgehead atoms. The van der Waals surface area contributed by atoms with Crippen LogP contribution in [0.4, 0.5) is 8.78 Å². The van der Waals surface area contributed by atoms with E-state index >= 15 is 0 Å². The van der Waals surface area contributed by atoms with Crippen LogP contribution in [0.25, 0.3) is 11.3 Å². The van der Waals surface area contributed by atoms with Gasteiger partial charge in [-0.05, 0) is 22.0 Å². The van der Waals surface area contributed by atoms with E-state index in [4.69, 9.17) is 0 Å². The fraction of sp³-hybridized carbons (Fsp3) is 0. The van der Waals surface area contributed by atoms with Crippen molar-refractivity contribution in [1.82, 2.24) is 4.98 Å². The van der Waals surface area contributed by atoms with Crippen LogP contribution in [0.3, 0.4) is 0 Å².